The molecule has 0 amide bonds. The van der Waals surface area contributed by atoms with Crippen molar-refractivity contribution in [3.8, 4) is 0 Å². The summed E-state index contributed by atoms with van der Waals surface area (Å²) in [6.45, 7) is 1.49. The average Bonchev–Trinajstić information content (AvgIpc) is 2.07. The molecule has 0 spiro atoms. The van der Waals surface area contributed by atoms with Crippen LogP contribution in [0.1, 0.15) is 12.8 Å². The minimum atomic E-state index is 0.341. The Morgan fingerprint density at radius 3 is 2.55 bits per heavy atom. The standard InChI is InChI=1S/C7H15NOS2/c9-4-2-1-3-8-5-10-7-11-6-8/h9H,1-7H2. The second-order valence-corrected chi connectivity index (χ2v) is 4.89. The van der Waals surface area contributed by atoms with Crippen molar-refractivity contribution < 1.29 is 5.11 Å². The van der Waals surface area contributed by atoms with Gasteiger partial charge in [0.05, 0.1) is 0 Å². The molecular weight excluding hydrogens is 178 g/mol. The highest BCUT2D eigenvalue weighted by Gasteiger charge is 2.08. The molecule has 1 fully saturated rings. The Labute approximate surface area is 76.7 Å². The number of hydrogen-bond donors (Lipinski definition) is 1. The smallest absolute Gasteiger partial charge is 0.0460 e. The third-order valence-corrected chi connectivity index (χ3v) is 4.03. The maximum Gasteiger partial charge on any atom is 0.0460 e. The van der Waals surface area contributed by atoms with Gasteiger partial charge in [0, 0.05) is 23.4 Å². The van der Waals surface area contributed by atoms with Crippen molar-refractivity contribution in [2.75, 3.05) is 30.0 Å². The van der Waals surface area contributed by atoms with Crippen molar-refractivity contribution in [3.63, 3.8) is 0 Å². The number of thioether (sulfide) groups is 2. The highest BCUT2D eigenvalue weighted by atomic mass is 32.2. The van der Waals surface area contributed by atoms with Crippen LogP contribution in [0.5, 0.6) is 0 Å². The quantitative estimate of drug-likeness (QED) is 0.682. The van der Waals surface area contributed by atoms with E-state index in [0.717, 1.165) is 19.4 Å². The molecule has 1 rings (SSSR count). The van der Waals surface area contributed by atoms with E-state index in [9.17, 15) is 0 Å². The van der Waals surface area contributed by atoms with E-state index in [1.165, 1.54) is 16.8 Å². The lowest BCUT2D eigenvalue weighted by Crippen LogP contribution is -2.27. The van der Waals surface area contributed by atoms with Crippen LogP contribution in [0.3, 0.4) is 0 Å². The fourth-order valence-electron chi connectivity index (χ4n) is 1.01. The first-order valence-electron chi connectivity index (χ1n) is 3.92. The minimum absolute atomic E-state index is 0.341. The summed E-state index contributed by atoms with van der Waals surface area (Å²) in [4.78, 5) is 2.44. The lowest BCUT2D eigenvalue weighted by atomic mass is 10.3. The minimum Gasteiger partial charge on any atom is -0.396 e. The Kier molecular flexibility index (Phi) is 5.45. The molecule has 1 aliphatic heterocycles. The van der Waals surface area contributed by atoms with Crippen LogP contribution in [0.25, 0.3) is 0 Å². The predicted octanol–water partition coefficient (Wildman–Crippen LogP) is 1.41. The summed E-state index contributed by atoms with van der Waals surface area (Å²) in [7, 11) is 0. The number of aliphatic hydroxyl groups excluding tert-OH is 1. The zero-order valence-electron chi connectivity index (χ0n) is 6.66. The van der Waals surface area contributed by atoms with Gasteiger partial charge < -0.3 is 5.11 Å². The summed E-state index contributed by atoms with van der Waals surface area (Å²) < 4.78 is 0. The molecule has 0 bridgehead atoms. The Bertz CT molecular complexity index is 96.4. The molecule has 0 saturated carbocycles. The van der Waals surface area contributed by atoms with Crippen LogP contribution in [-0.4, -0.2) is 40.0 Å². The maximum atomic E-state index is 8.57. The molecule has 0 unspecified atom stereocenters. The van der Waals surface area contributed by atoms with Gasteiger partial charge in [-0.25, -0.2) is 0 Å². The highest BCUT2D eigenvalue weighted by molar-refractivity contribution is 8.16. The van der Waals surface area contributed by atoms with Crippen LogP contribution < -0.4 is 0 Å². The number of hydrogen-bond acceptors (Lipinski definition) is 4. The first kappa shape index (κ1) is 9.71. The summed E-state index contributed by atoms with van der Waals surface area (Å²) in [5, 5.41) is 9.81. The molecule has 1 aliphatic rings. The van der Waals surface area contributed by atoms with Crippen LogP contribution in [0.15, 0.2) is 0 Å². The van der Waals surface area contributed by atoms with Gasteiger partial charge in [0.25, 0.3) is 0 Å². The lowest BCUT2D eigenvalue weighted by molar-refractivity contribution is 0.270. The van der Waals surface area contributed by atoms with Crippen LogP contribution in [0.4, 0.5) is 0 Å². The molecular formula is C7H15NOS2. The van der Waals surface area contributed by atoms with Gasteiger partial charge in [-0.3, -0.25) is 4.90 Å². The molecule has 0 radical (unpaired) electrons. The van der Waals surface area contributed by atoms with Gasteiger partial charge in [-0.15, -0.1) is 23.5 Å². The second-order valence-electron chi connectivity index (χ2n) is 2.61. The van der Waals surface area contributed by atoms with Gasteiger partial charge >= 0.3 is 0 Å². The summed E-state index contributed by atoms with van der Waals surface area (Å²) in [6, 6.07) is 0. The number of rotatable bonds is 4. The normalized spacial score (nSPS) is 20.5. The van der Waals surface area contributed by atoms with Crippen molar-refractivity contribution in [3.05, 3.63) is 0 Å². The Morgan fingerprint density at radius 1 is 1.18 bits per heavy atom. The topological polar surface area (TPSA) is 23.5 Å². The molecule has 0 atom stereocenters. The van der Waals surface area contributed by atoms with Gasteiger partial charge in [-0.1, -0.05) is 0 Å². The number of aliphatic hydroxyl groups is 1. The van der Waals surface area contributed by atoms with E-state index >= 15 is 0 Å². The fourth-order valence-corrected chi connectivity index (χ4v) is 3.15. The zero-order chi connectivity index (χ0) is 7.94. The first-order chi connectivity index (χ1) is 5.43. The van der Waals surface area contributed by atoms with Crippen LogP contribution in [0.2, 0.25) is 0 Å². The van der Waals surface area contributed by atoms with Crippen molar-refractivity contribution >= 4 is 23.5 Å². The molecule has 0 aromatic heterocycles. The summed E-state index contributed by atoms with van der Waals surface area (Å²) in [6.07, 6.45) is 2.09. The fraction of sp³-hybridized carbons (Fsp3) is 1.00. The molecule has 1 heterocycles. The summed E-state index contributed by atoms with van der Waals surface area (Å²) >= 11 is 3.97. The largest absolute Gasteiger partial charge is 0.396 e. The summed E-state index contributed by atoms with van der Waals surface area (Å²) in [5.41, 5.74) is 0. The van der Waals surface area contributed by atoms with E-state index in [1.807, 2.05) is 23.5 Å². The second kappa shape index (κ2) is 6.17. The van der Waals surface area contributed by atoms with E-state index in [-0.39, 0.29) is 0 Å². The van der Waals surface area contributed by atoms with Crippen molar-refractivity contribution in [1.82, 2.24) is 4.90 Å². The third kappa shape index (κ3) is 4.25. The van der Waals surface area contributed by atoms with Crippen LogP contribution in [0, 0.1) is 0 Å². The molecule has 0 aliphatic carbocycles. The number of unbranched alkanes of at least 4 members (excludes halogenated alkanes) is 1. The highest BCUT2D eigenvalue weighted by Crippen LogP contribution is 2.21. The molecule has 2 nitrogen and oxygen atoms in total. The SMILES string of the molecule is OCCCCN1CSCSC1. The predicted molar refractivity (Wildman–Crippen MR) is 52.8 cm³/mol. The number of nitrogens with zero attached hydrogens (tertiary/aromatic N) is 1. The van der Waals surface area contributed by atoms with E-state index in [0.29, 0.717) is 6.61 Å². The van der Waals surface area contributed by atoms with Crippen molar-refractivity contribution in [2.45, 2.75) is 12.8 Å². The Balaban J connectivity index is 1.96. The van der Waals surface area contributed by atoms with Gasteiger partial charge in [-0.2, -0.15) is 0 Å². The zero-order valence-corrected chi connectivity index (χ0v) is 8.29. The Morgan fingerprint density at radius 2 is 1.91 bits per heavy atom. The van der Waals surface area contributed by atoms with Crippen LogP contribution >= 0.6 is 23.5 Å². The monoisotopic (exact) mass is 193 g/mol. The van der Waals surface area contributed by atoms with E-state index in [1.54, 1.807) is 0 Å². The third-order valence-electron chi connectivity index (χ3n) is 1.60. The molecule has 1 N–H and O–H groups in total. The van der Waals surface area contributed by atoms with Crippen LogP contribution in [-0.2, 0) is 0 Å². The maximum absolute atomic E-state index is 8.57. The average molecular weight is 193 g/mol. The van der Waals surface area contributed by atoms with E-state index < -0.39 is 0 Å². The molecule has 11 heavy (non-hydrogen) atoms. The molecule has 66 valence electrons. The summed E-state index contributed by atoms with van der Waals surface area (Å²) in [5.74, 6) is 2.36. The van der Waals surface area contributed by atoms with Gasteiger partial charge in [0.2, 0.25) is 0 Å². The van der Waals surface area contributed by atoms with Gasteiger partial charge in [-0.05, 0) is 19.4 Å². The van der Waals surface area contributed by atoms with Gasteiger partial charge in [0.1, 0.15) is 0 Å². The van der Waals surface area contributed by atoms with Crippen molar-refractivity contribution in [1.29, 1.82) is 0 Å². The van der Waals surface area contributed by atoms with E-state index in [2.05, 4.69) is 4.90 Å². The van der Waals surface area contributed by atoms with E-state index in [4.69, 9.17) is 5.11 Å². The molecule has 0 aromatic rings. The molecule has 0 aromatic carbocycles. The first-order valence-corrected chi connectivity index (χ1v) is 6.23. The lowest BCUT2D eigenvalue weighted by Gasteiger charge is -2.25. The molecule has 1 saturated heterocycles. The Hall–Kier alpha value is 0.620. The van der Waals surface area contributed by atoms with Gasteiger partial charge in [0.15, 0.2) is 0 Å². The van der Waals surface area contributed by atoms with Crippen molar-refractivity contribution in [2.24, 2.45) is 0 Å². The molecule has 4 heteroatoms.